The van der Waals surface area contributed by atoms with Crippen molar-refractivity contribution >= 4 is 17.7 Å². The van der Waals surface area contributed by atoms with Gasteiger partial charge in [-0.15, -0.1) is 0 Å². The van der Waals surface area contributed by atoms with Gasteiger partial charge in [-0.05, 0) is 26.7 Å². The van der Waals surface area contributed by atoms with E-state index in [1.807, 2.05) is 13.8 Å². The van der Waals surface area contributed by atoms with Gasteiger partial charge in [0, 0.05) is 71.5 Å². The Hall–Kier alpha value is -0.706. The van der Waals surface area contributed by atoms with Crippen molar-refractivity contribution in [3.8, 4) is 0 Å². The van der Waals surface area contributed by atoms with Crippen LogP contribution in [-0.4, -0.2) is 85.1 Å². The van der Waals surface area contributed by atoms with Crippen molar-refractivity contribution in [3.63, 3.8) is 0 Å². The van der Waals surface area contributed by atoms with Crippen LogP contribution in [0, 0.1) is 0 Å². The van der Waals surface area contributed by atoms with Gasteiger partial charge in [0.2, 0.25) is 5.91 Å². The van der Waals surface area contributed by atoms with Crippen LogP contribution in [-0.2, 0) is 61.3 Å². The van der Waals surface area contributed by atoms with E-state index in [1.54, 1.807) is 0 Å². The van der Waals surface area contributed by atoms with Crippen LogP contribution in [0.1, 0.15) is 33.1 Å². The van der Waals surface area contributed by atoms with Gasteiger partial charge in [-0.1, -0.05) is 0 Å². The summed E-state index contributed by atoms with van der Waals surface area (Å²) >= 11 is 0. The minimum atomic E-state index is -0.757. The third kappa shape index (κ3) is 7.81. The third-order valence-electron chi connectivity index (χ3n) is 4.75. The van der Waals surface area contributed by atoms with Crippen molar-refractivity contribution in [2.45, 2.75) is 63.6 Å². The number of carbonyl (C=O) groups is 3. The maximum absolute atomic E-state index is 11.9. The number of rotatable bonds is 11. The van der Waals surface area contributed by atoms with Crippen LogP contribution < -0.4 is 5.32 Å². The summed E-state index contributed by atoms with van der Waals surface area (Å²) in [6.07, 6.45) is 1.86. The zero-order chi connectivity index (χ0) is 20.7. The Kier molecular flexibility index (Phi) is 11.7. The first-order valence-corrected chi connectivity index (χ1v) is 9.61. The molecule has 9 nitrogen and oxygen atoms in total. The number of nitrogens with zero attached hydrogens (tertiary/aromatic N) is 1. The van der Waals surface area contributed by atoms with E-state index in [1.165, 1.54) is 19.3 Å². The number of nitrogens with one attached hydrogen (secondary N) is 1. The molecular formula is C19H30N2O7Y. The Morgan fingerprint density at radius 1 is 1.28 bits per heavy atom. The van der Waals surface area contributed by atoms with E-state index < -0.39 is 30.1 Å². The Balaban J connectivity index is 0.00000420. The molecule has 2 aliphatic rings. The summed E-state index contributed by atoms with van der Waals surface area (Å²) in [4.78, 5) is 35.8. The van der Waals surface area contributed by atoms with E-state index in [2.05, 4.69) is 5.32 Å². The fraction of sp³-hybridized carbons (Fsp3) is 0.737. The SMILES string of the molecule is CO[C@H]1C(O)[C@@H](COC(C)C)O[C@H]1CCCNC(=O)CCN1C(=O)C=CC1=O.[Y]. The van der Waals surface area contributed by atoms with Crippen molar-refractivity contribution in [1.82, 2.24) is 10.2 Å². The molecule has 0 aliphatic carbocycles. The normalized spacial score (nSPS) is 26.3. The van der Waals surface area contributed by atoms with Crippen molar-refractivity contribution in [2.75, 3.05) is 26.8 Å². The first-order valence-electron chi connectivity index (χ1n) is 9.61. The zero-order valence-corrected chi connectivity index (χ0v) is 20.0. The predicted molar refractivity (Wildman–Crippen MR) is 99.3 cm³/mol. The van der Waals surface area contributed by atoms with Gasteiger partial charge in [-0.3, -0.25) is 19.3 Å². The summed E-state index contributed by atoms with van der Waals surface area (Å²) in [5.41, 5.74) is 0. The minimum Gasteiger partial charge on any atom is -0.387 e. The Labute approximate surface area is 196 Å². The molecule has 29 heavy (non-hydrogen) atoms. The molecule has 2 heterocycles. The predicted octanol–water partition coefficient (Wildman–Crippen LogP) is -0.236. The number of methoxy groups -OCH3 is 1. The fourth-order valence-electron chi connectivity index (χ4n) is 3.25. The molecule has 3 amide bonds. The van der Waals surface area contributed by atoms with E-state index >= 15 is 0 Å². The van der Waals surface area contributed by atoms with Crippen LogP contribution in [0.3, 0.4) is 0 Å². The van der Waals surface area contributed by atoms with E-state index in [-0.39, 0.29) is 63.8 Å². The van der Waals surface area contributed by atoms with Crippen molar-refractivity contribution in [1.29, 1.82) is 0 Å². The molecule has 0 bridgehead atoms. The Bertz CT molecular complexity index is 581. The van der Waals surface area contributed by atoms with E-state index in [4.69, 9.17) is 14.2 Å². The summed E-state index contributed by atoms with van der Waals surface area (Å²) in [7, 11) is 1.54. The first-order chi connectivity index (χ1) is 13.3. The topological polar surface area (TPSA) is 114 Å². The molecule has 1 fully saturated rings. The number of aliphatic hydroxyl groups is 1. The van der Waals surface area contributed by atoms with Crippen LogP contribution in [0.2, 0.25) is 0 Å². The average Bonchev–Trinajstić information content (AvgIpc) is 3.13. The molecule has 2 aliphatic heterocycles. The number of imide groups is 1. The van der Waals surface area contributed by atoms with Crippen LogP contribution >= 0.6 is 0 Å². The molecule has 0 aromatic rings. The van der Waals surface area contributed by atoms with Crippen LogP contribution in [0.15, 0.2) is 12.2 Å². The summed E-state index contributed by atoms with van der Waals surface area (Å²) in [5, 5.41) is 13.1. The zero-order valence-electron chi connectivity index (χ0n) is 17.2. The van der Waals surface area contributed by atoms with Gasteiger partial charge >= 0.3 is 0 Å². The molecule has 10 heteroatoms. The number of aliphatic hydroxyl groups excluding tert-OH is 1. The van der Waals surface area contributed by atoms with Gasteiger partial charge in [-0.2, -0.15) is 0 Å². The van der Waals surface area contributed by atoms with Gasteiger partial charge in [0.05, 0.1) is 18.8 Å². The number of carbonyl (C=O) groups excluding carboxylic acids is 3. The number of amides is 3. The van der Waals surface area contributed by atoms with Gasteiger partial charge in [-0.25, -0.2) is 0 Å². The largest absolute Gasteiger partial charge is 0.387 e. The maximum atomic E-state index is 11.9. The second kappa shape index (κ2) is 12.9. The molecule has 0 spiro atoms. The Morgan fingerprint density at radius 2 is 1.93 bits per heavy atom. The minimum absolute atomic E-state index is 0. The molecule has 1 unspecified atom stereocenters. The molecule has 4 atom stereocenters. The molecule has 161 valence electrons. The molecule has 1 saturated heterocycles. The van der Waals surface area contributed by atoms with Gasteiger partial charge in [0.15, 0.2) is 0 Å². The molecule has 0 aromatic carbocycles. The second-order valence-corrected chi connectivity index (χ2v) is 7.19. The summed E-state index contributed by atoms with van der Waals surface area (Å²) < 4.78 is 16.8. The Morgan fingerprint density at radius 3 is 2.52 bits per heavy atom. The standard InChI is InChI=1S/C19H30N2O7.Y/c1-12(2)27-11-14-18(25)19(26-3)13(28-14)5-4-9-20-15(22)8-10-21-16(23)6-7-17(21)24;/h6-7,12-14,18-19,25H,4-5,8-11H2,1-3H3,(H,20,22);/t13-,14+,18?,19+;/m0./s1. The second-order valence-electron chi connectivity index (χ2n) is 7.19. The quantitative estimate of drug-likeness (QED) is 0.306. The van der Waals surface area contributed by atoms with Gasteiger partial charge in [0.25, 0.3) is 11.8 Å². The first kappa shape index (κ1) is 26.3. The van der Waals surface area contributed by atoms with Crippen LogP contribution in [0.5, 0.6) is 0 Å². The number of hydrogen-bond acceptors (Lipinski definition) is 7. The summed E-state index contributed by atoms with van der Waals surface area (Å²) in [6.45, 7) is 4.63. The van der Waals surface area contributed by atoms with Gasteiger partial charge in [0.1, 0.15) is 18.3 Å². The van der Waals surface area contributed by atoms with Crippen molar-refractivity contribution < 1.29 is 66.4 Å². The van der Waals surface area contributed by atoms with Crippen LogP contribution in [0.25, 0.3) is 0 Å². The third-order valence-corrected chi connectivity index (χ3v) is 4.75. The van der Waals surface area contributed by atoms with E-state index in [0.717, 1.165) is 4.90 Å². The maximum Gasteiger partial charge on any atom is 0.253 e. The molecule has 0 saturated carbocycles. The molecule has 0 aromatic heterocycles. The number of hydrogen-bond donors (Lipinski definition) is 2. The molecule has 1 radical (unpaired) electrons. The summed E-state index contributed by atoms with van der Waals surface area (Å²) in [6, 6.07) is 0. The van der Waals surface area contributed by atoms with Crippen LogP contribution in [0.4, 0.5) is 0 Å². The smallest absolute Gasteiger partial charge is 0.253 e. The van der Waals surface area contributed by atoms with Crippen molar-refractivity contribution in [2.24, 2.45) is 0 Å². The molecular weight excluding hydrogens is 457 g/mol. The molecule has 2 rings (SSSR count). The fourth-order valence-corrected chi connectivity index (χ4v) is 3.25. The van der Waals surface area contributed by atoms with E-state index in [0.29, 0.717) is 26.0 Å². The van der Waals surface area contributed by atoms with Crippen molar-refractivity contribution in [3.05, 3.63) is 12.2 Å². The number of ether oxygens (including phenoxy) is 3. The summed E-state index contributed by atoms with van der Waals surface area (Å²) in [5.74, 6) is -1.01. The van der Waals surface area contributed by atoms with Gasteiger partial charge < -0.3 is 24.6 Å². The molecule has 2 N–H and O–H groups in total. The monoisotopic (exact) mass is 487 g/mol. The van der Waals surface area contributed by atoms with E-state index in [9.17, 15) is 19.5 Å². The average molecular weight is 487 g/mol.